The Morgan fingerprint density at radius 3 is 2.50 bits per heavy atom. The SMILES string of the molecule is CCOc1ccccc1NC(=O)C(C)NC(=O)Cc1cccc2ccccc12. The number of carbonyl (C=O) groups is 2. The molecule has 144 valence electrons. The van der Waals surface area contributed by atoms with Gasteiger partial charge in [-0.05, 0) is 42.3 Å². The largest absolute Gasteiger partial charge is 0.492 e. The maximum absolute atomic E-state index is 12.5. The van der Waals surface area contributed by atoms with Crippen molar-refractivity contribution in [1.29, 1.82) is 0 Å². The van der Waals surface area contributed by atoms with Gasteiger partial charge in [0.05, 0.1) is 18.7 Å². The number of para-hydroxylation sites is 2. The van der Waals surface area contributed by atoms with Crippen molar-refractivity contribution in [3.8, 4) is 5.75 Å². The molecule has 2 N–H and O–H groups in total. The zero-order valence-corrected chi connectivity index (χ0v) is 16.1. The van der Waals surface area contributed by atoms with Crippen LogP contribution in [0.4, 0.5) is 5.69 Å². The molecule has 5 nitrogen and oxygen atoms in total. The average Bonchev–Trinajstić information content (AvgIpc) is 2.70. The van der Waals surface area contributed by atoms with Crippen LogP contribution in [0, 0.1) is 0 Å². The van der Waals surface area contributed by atoms with Crippen molar-refractivity contribution in [2.75, 3.05) is 11.9 Å². The summed E-state index contributed by atoms with van der Waals surface area (Å²) in [5.74, 6) is 0.114. The summed E-state index contributed by atoms with van der Waals surface area (Å²) in [6, 6.07) is 20.4. The van der Waals surface area contributed by atoms with Crippen molar-refractivity contribution in [2.24, 2.45) is 0 Å². The van der Waals surface area contributed by atoms with Crippen molar-refractivity contribution in [3.63, 3.8) is 0 Å². The Hall–Kier alpha value is -3.34. The van der Waals surface area contributed by atoms with E-state index in [9.17, 15) is 9.59 Å². The van der Waals surface area contributed by atoms with E-state index in [1.807, 2.05) is 61.5 Å². The molecule has 2 amide bonds. The minimum absolute atomic E-state index is 0.197. The molecule has 0 radical (unpaired) electrons. The minimum atomic E-state index is -0.669. The first-order valence-electron chi connectivity index (χ1n) is 9.37. The predicted octanol–water partition coefficient (Wildman–Crippen LogP) is 3.92. The van der Waals surface area contributed by atoms with Gasteiger partial charge in [0.15, 0.2) is 0 Å². The van der Waals surface area contributed by atoms with Crippen LogP contribution in [0.2, 0.25) is 0 Å². The molecule has 3 rings (SSSR count). The lowest BCUT2D eigenvalue weighted by molar-refractivity contribution is -0.125. The Morgan fingerprint density at radius 2 is 1.68 bits per heavy atom. The van der Waals surface area contributed by atoms with E-state index >= 15 is 0 Å². The molecule has 0 aliphatic heterocycles. The lowest BCUT2D eigenvalue weighted by Gasteiger charge is -2.16. The molecule has 3 aromatic carbocycles. The summed E-state index contributed by atoms with van der Waals surface area (Å²) in [6.45, 7) is 4.05. The molecule has 0 spiro atoms. The fourth-order valence-electron chi connectivity index (χ4n) is 3.07. The molecule has 28 heavy (non-hydrogen) atoms. The highest BCUT2D eigenvalue weighted by Crippen LogP contribution is 2.24. The van der Waals surface area contributed by atoms with Crippen LogP contribution in [0.1, 0.15) is 19.4 Å². The summed E-state index contributed by atoms with van der Waals surface area (Å²) < 4.78 is 5.52. The van der Waals surface area contributed by atoms with Crippen LogP contribution in [0.3, 0.4) is 0 Å². The molecule has 1 atom stereocenters. The Labute approximate surface area is 164 Å². The molecule has 0 heterocycles. The molecule has 5 heteroatoms. The second-order valence-electron chi connectivity index (χ2n) is 6.52. The van der Waals surface area contributed by atoms with Gasteiger partial charge in [-0.2, -0.15) is 0 Å². The van der Waals surface area contributed by atoms with Gasteiger partial charge in [0.25, 0.3) is 0 Å². The molecule has 1 unspecified atom stereocenters. The van der Waals surface area contributed by atoms with Gasteiger partial charge in [-0.25, -0.2) is 0 Å². The lowest BCUT2D eigenvalue weighted by Crippen LogP contribution is -2.42. The van der Waals surface area contributed by atoms with E-state index in [0.717, 1.165) is 16.3 Å². The third-order valence-electron chi connectivity index (χ3n) is 4.45. The van der Waals surface area contributed by atoms with Crippen LogP contribution in [-0.4, -0.2) is 24.5 Å². The first-order valence-corrected chi connectivity index (χ1v) is 9.37. The standard InChI is InChI=1S/C23H24N2O3/c1-3-28-21-14-7-6-13-20(21)25-23(27)16(2)24-22(26)15-18-11-8-10-17-9-4-5-12-19(17)18/h4-14,16H,3,15H2,1-2H3,(H,24,26)(H,25,27). The number of carbonyl (C=O) groups excluding carboxylic acids is 2. The normalized spacial score (nSPS) is 11.6. The highest BCUT2D eigenvalue weighted by atomic mass is 16.5. The summed E-state index contributed by atoms with van der Waals surface area (Å²) in [5, 5.41) is 7.72. The van der Waals surface area contributed by atoms with Crippen LogP contribution >= 0.6 is 0 Å². The molecule has 0 saturated carbocycles. The Bertz CT molecular complexity index is 979. The van der Waals surface area contributed by atoms with E-state index in [0.29, 0.717) is 18.0 Å². The van der Waals surface area contributed by atoms with Crippen molar-refractivity contribution in [3.05, 3.63) is 72.3 Å². The molecular formula is C23H24N2O3. The molecule has 0 aliphatic rings. The van der Waals surface area contributed by atoms with Crippen LogP contribution in [0.5, 0.6) is 5.75 Å². The van der Waals surface area contributed by atoms with Crippen LogP contribution in [-0.2, 0) is 16.0 Å². The van der Waals surface area contributed by atoms with Crippen molar-refractivity contribution >= 4 is 28.3 Å². The summed E-state index contributed by atoms with van der Waals surface area (Å²) in [7, 11) is 0. The highest BCUT2D eigenvalue weighted by molar-refractivity contribution is 5.98. The quantitative estimate of drug-likeness (QED) is 0.657. The van der Waals surface area contributed by atoms with Gasteiger partial charge in [-0.3, -0.25) is 9.59 Å². The number of rotatable bonds is 7. The molecule has 0 saturated heterocycles. The molecule has 3 aromatic rings. The number of hydrogen-bond acceptors (Lipinski definition) is 3. The van der Waals surface area contributed by atoms with Gasteiger partial charge in [-0.1, -0.05) is 54.6 Å². The number of nitrogens with one attached hydrogen (secondary N) is 2. The number of amides is 2. The Morgan fingerprint density at radius 1 is 0.964 bits per heavy atom. The van der Waals surface area contributed by atoms with Gasteiger partial charge in [0.2, 0.25) is 11.8 Å². The van der Waals surface area contributed by atoms with Gasteiger partial charge in [0, 0.05) is 0 Å². The molecule has 0 aliphatic carbocycles. The van der Waals surface area contributed by atoms with Crippen molar-refractivity contribution in [1.82, 2.24) is 5.32 Å². The maximum atomic E-state index is 12.5. The zero-order chi connectivity index (χ0) is 19.9. The fraction of sp³-hybridized carbons (Fsp3) is 0.217. The molecule has 0 fully saturated rings. The van der Waals surface area contributed by atoms with Crippen LogP contribution < -0.4 is 15.4 Å². The van der Waals surface area contributed by atoms with E-state index in [2.05, 4.69) is 10.6 Å². The lowest BCUT2D eigenvalue weighted by atomic mass is 10.0. The first-order chi connectivity index (χ1) is 13.6. The first kappa shape index (κ1) is 19.4. The maximum Gasteiger partial charge on any atom is 0.246 e. The van der Waals surface area contributed by atoms with E-state index in [1.165, 1.54) is 0 Å². The van der Waals surface area contributed by atoms with E-state index in [1.54, 1.807) is 19.1 Å². The van der Waals surface area contributed by atoms with Crippen molar-refractivity contribution in [2.45, 2.75) is 26.3 Å². The van der Waals surface area contributed by atoms with Gasteiger partial charge in [-0.15, -0.1) is 0 Å². The number of ether oxygens (including phenoxy) is 1. The summed E-state index contributed by atoms with van der Waals surface area (Å²) in [6.07, 6.45) is 0.217. The topological polar surface area (TPSA) is 67.4 Å². The van der Waals surface area contributed by atoms with E-state index in [4.69, 9.17) is 4.74 Å². The van der Waals surface area contributed by atoms with E-state index < -0.39 is 6.04 Å². The van der Waals surface area contributed by atoms with Crippen LogP contribution in [0.15, 0.2) is 66.7 Å². The second-order valence-corrected chi connectivity index (χ2v) is 6.52. The monoisotopic (exact) mass is 376 g/mol. The second kappa shape index (κ2) is 9.04. The fourth-order valence-corrected chi connectivity index (χ4v) is 3.07. The Kier molecular flexibility index (Phi) is 6.27. The molecule has 0 aromatic heterocycles. The molecule has 0 bridgehead atoms. The van der Waals surface area contributed by atoms with Crippen LogP contribution in [0.25, 0.3) is 10.8 Å². The number of hydrogen-bond donors (Lipinski definition) is 2. The summed E-state index contributed by atoms with van der Waals surface area (Å²) >= 11 is 0. The third kappa shape index (κ3) is 4.68. The van der Waals surface area contributed by atoms with Gasteiger partial charge < -0.3 is 15.4 Å². The zero-order valence-electron chi connectivity index (χ0n) is 16.1. The highest BCUT2D eigenvalue weighted by Gasteiger charge is 2.18. The van der Waals surface area contributed by atoms with Gasteiger partial charge >= 0.3 is 0 Å². The number of anilines is 1. The summed E-state index contributed by atoms with van der Waals surface area (Å²) in [5.41, 5.74) is 1.52. The predicted molar refractivity (Wildman–Crippen MR) is 111 cm³/mol. The minimum Gasteiger partial charge on any atom is -0.492 e. The van der Waals surface area contributed by atoms with Gasteiger partial charge in [0.1, 0.15) is 11.8 Å². The Balaban J connectivity index is 1.63. The van der Waals surface area contributed by atoms with E-state index in [-0.39, 0.29) is 18.2 Å². The van der Waals surface area contributed by atoms with Crippen molar-refractivity contribution < 1.29 is 14.3 Å². The average molecular weight is 376 g/mol. The molecular weight excluding hydrogens is 352 g/mol. The number of benzene rings is 3. The number of fused-ring (bicyclic) bond motifs is 1. The summed E-state index contributed by atoms with van der Waals surface area (Å²) in [4.78, 5) is 25.0. The smallest absolute Gasteiger partial charge is 0.246 e. The third-order valence-corrected chi connectivity index (χ3v) is 4.45.